The summed E-state index contributed by atoms with van der Waals surface area (Å²) in [7, 11) is 0. The summed E-state index contributed by atoms with van der Waals surface area (Å²) in [6.07, 6.45) is 4.00. The second-order valence-corrected chi connectivity index (χ2v) is 8.28. The number of morpholine rings is 1. The van der Waals surface area contributed by atoms with E-state index in [9.17, 15) is 0 Å². The molecular formula is C21H25Cl2N5O. The Labute approximate surface area is 180 Å². The highest BCUT2D eigenvalue weighted by molar-refractivity contribution is 6.36. The lowest BCUT2D eigenvalue weighted by Crippen LogP contribution is -2.36. The molecule has 0 saturated carbocycles. The molecule has 154 valence electrons. The van der Waals surface area contributed by atoms with E-state index >= 15 is 0 Å². The van der Waals surface area contributed by atoms with Crippen LogP contribution in [0.5, 0.6) is 0 Å². The van der Waals surface area contributed by atoms with Crippen molar-refractivity contribution in [2.24, 2.45) is 5.73 Å². The fraction of sp³-hybridized carbons (Fsp3) is 0.381. The molecule has 1 saturated heterocycles. The standard InChI is InChI=1S/C21H25Cl2N5O/c1-13(2)26-20-16(10-24)17(15-4-3-14(22)9-18(15)23)12-28-19(11-25-21(20)28)27-5-7-29-8-6-27/h3-4,9,11-13,26H,5-8,10,24H2,1-2H3. The van der Waals surface area contributed by atoms with E-state index < -0.39 is 0 Å². The minimum absolute atomic E-state index is 0.226. The van der Waals surface area contributed by atoms with Gasteiger partial charge in [0.25, 0.3) is 0 Å². The number of anilines is 2. The molecule has 0 spiro atoms. The van der Waals surface area contributed by atoms with Gasteiger partial charge in [0.15, 0.2) is 5.65 Å². The van der Waals surface area contributed by atoms with Gasteiger partial charge in [0.1, 0.15) is 5.82 Å². The van der Waals surface area contributed by atoms with Crippen molar-refractivity contribution in [3.63, 3.8) is 0 Å². The van der Waals surface area contributed by atoms with Gasteiger partial charge >= 0.3 is 0 Å². The molecule has 3 heterocycles. The summed E-state index contributed by atoms with van der Waals surface area (Å²) in [6.45, 7) is 7.64. The number of ether oxygens (including phenoxy) is 1. The van der Waals surface area contributed by atoms with Crippen LogP contribution in [-0.4, -0.2) is 41.7 Å². The van der Waals surface area contributed by atoms with E-state index in [2.05, 4.69) is 34.7 Å². The third-order valence-electron chi connectivity index (χ3n) is 5.08. The summed E-state index contributed by atoms with van der Waals surface area (Å²) >= 11 is 12.7. The average Bonchev–Trinajstić information content (AvgIpc) is 3.12. The number of imidazole rings is 1. The average molecular weight is 434 g/mol. The van der Waals surface area contributed by atoms with Crippen molar-refractivity contribution in [3.05, 3.63) is 46.2 Å². The second kappa shape index (κ2) is 8.40. The van der Waals surface area contributed by atoms with Gasteiger partial charge in [-0.3, -0.25) is 4.40 Å². The predicted octanol–water partition coefficient (Wildman–Crippen LogP) is 4.42. The van der Waals surface area contributed by atoms with Crippen molar-refractivity contribution in [2.45, 2.75) is 26.4 Å². The molecule has 1 fully saturated rings. The van der Waals surface area contributed by atoms with Crippen LogP contribution in [0.3, 0.4) is 0 Å². The van der Waals surface area contributed by atoms with Gasteiger partial charge in [0.2, 0.25) is 0 Å². The molecule has 3 aromatic rings. The first-order valence-corrected chi connectivity index (χ1v) is 10.5. The Morgan fingerprint density at radius 2 is 1.97 bits per heavy atom. The summed E-state index contributed by atoms with van der Waals surface area (Å²) in [6, 6.07) is 5.77. The third-order valence-corrected chi connectivity index (χ3v) is 5.63. The largest absolute Gasteiger partial charge is 0.380 e. The van der Waals surface area contributed by atoms with Gasteiger partial charge in [-0.2, -0.15) is 0 Å². The van der Waals surface area contributed by atoms with Crippen LogP contribution in [0.2, 0.25) is 10.0 Å². The van der Waals surface area contributed by atoms with Gasteiger partial charge < -0.3 is 20.7 Å². The topological polar surface area (TPSA) is 67.8 Å². The first kappa shape index (κ1) is 20.3. The van der Waals surface area contributed by atoms with E-state index in [-0.39, 0.29) is 6.04 Å². The Hall–Kier alpha value is -1.99. The maximum Gasteiger partial charge on any atom is 0.162 e. The highest BCUT2D eigenvalue weighted by Gasteiger charge is 2.22. The van der Waals surface area contributed by atoms with Crippen LogP contribution in [-0.2, 0) is 11.3 Å². The summed E-state index contributed by atoms with van der Waals surface area (Å²) < 4.78 is 7.63. The number of hydrogen-bond acceptors (Lipinski definition) is 5. The molecule has 3 N–H and O–H groups in total. The number of pyridine rings is 1. The van der Waals surface area contributed by atoms with E-state index in [4.69, 9.17) is 38.7 Å². The number of fused-ring (bicyclic) bond motifs is 1. The number of nitrogens with zero attached hydrogens (tertiary/aromatic N) is 3. The predicted molar refractivity (Wildman–Crippen MR) is 120 cm³/mol. The molecule has 1 aliphatic rings. The van der Waals surface area contributed by atoms with Crippen LogP contribution in [0.15, 0.2) is 30.6 Å². The van der Waals surface area contributed by atoms with Crippen molar-refractivity contribution < 1.29 is 4.74 Å². The SMILES string of the molecule is CC(C)Nc1c(CN)c(-c2ccc(Cl)cc2Cl)cn2c(N3CCOCC3)cnc12. The molecule has 29 heavy (non-hydrogen) atoms. The summed E-state index contributed by atoms with van der Waals surface area (Å²) in [5.74, 6) is 1.03. The van der Waals surface area contributed by atoms with Crippen LogP contribution in [0.25, 0.3) is 16.8 Å². The highest BCUT2D eigenvalue weighted by Crippen LogP contribution is 2.38. The molecule has 0 atom stereocenters. The lowest BCUT2D eigenvalue weighted by atomic mass is 10.00. The van der Waals surface area contributed by atoms with Crippen LogP contribution < -0.4 is 16.0 Å². The van der Waals surface area contributed by atoms with Crippen LogP contribution in [0.1, 0.15) is 19.4 Å². The summed E-state index contributed by atoms with van der Waals surface area (Å²) in [5.41, 5.74) is 10.8. The normalized spacial score (nSPS) is 14.8. The molecule has 1 aliphatic heterocycles. The number of nitrogens with two attached hydrogens (primary N) is 1. The number of nitrogens with one attached hydrogen (secondary N) is 1. The molecule has 0 unspecified atom stereocenters. The van der Waals surface area contributed by atoms with E-state index in [0.29, 0.717) is 29.8 Å². The van der Waals surface area contributed by atoms with Gasteiger partial charge in [-0.15, -0.1) is 0 Å². The zero-order valence-corrected chi connectivity index (χ0v) is 18.1. The second-order valence-electron chi connectivity index (χ2n) is 7.43. The van der Waals surface area contributed by atoms with Gasteiger partial charge in [-0.25, -0.2) is 4.98 Å². The number of aromatic nitrogens is 2. The van der Waals surface area contributed by atoms with Crippen molar-refractivity contribution in [1.29, 1.82) is 0 Å². The number of benzene rings is 1. The first-order valence-electron chi connectivity index (χ1n) is 9.77. The quantitative estimate of drug-likeness (QED) is 0.622. The Bertz CT molecular complexity index is 1030. The van der Waals surface area contributed by atoms with Gasteiger partial charge in [0.05, 0.1) is 25.1 Å². The first-order chi connectivity index (χ1) is 14.0. The molecule has 1 aromatic carbocycles. The fourth-order valence-corrected chi connectivity index (χ4v) is 4.27. The Morgan fingerprint density at radius 1 is 1.21 bits per heavy atom. The van der Waals surface area contributed by atoms with Gasteiger partial charge in [0, 0.05) is 58.6 Å². The molecule has 6 nitrogen and oxygen atoms in total. The molecule has 0 radical (unpaired) electrons. The minimum Gasteiger partial charge on any atom is -0.380 e. The van der Waals surface area contributed by atoms with Crippen molar-refractivity contribution in [1.82, 2.24) is 9.38 Å². The smallest absolute Gasteiger partial charge is 0.162 e. The van der Waals surface area contributed by atoms with E-state index in [0.717, 1.165) is 46.9 Å². The Kier molecular flexibility index (Phi) is 5.88. The molecule has 4 rings (SSSR count). The summed E-state index contributed by atoms with van der Waals surface area (Å²) in [4.78, 5) is 7.02. The van der Waals surface area contributed by atoms with Crippen molar-refractivity contribution >= 4 is 40.4 Å². The van der Waals surface area contributed by atoms with Crippen molar-refractivity contribution in [3.8, 4) is 11.1 Å². The maximum absolute atomic E-state index is 6.57. The van der Waals surface area contributed by atoms with E-state index in [1.807, 2.05) is 18.3 Å². The zero-order valence-electron chi connectivity index (χ0n) is 16.6. The third kappa shape index (κ3) is 3.90. The van der Waals surface area contributed by atoms with E-state index in [1.54, 1.807) is 6.07 Å². The van der Waals surface area contributed by atoms with E-state index in [1.165, 1.54) is 0 Å². The monoisotopic (exact) mass is 433 g/mol. The minimum atomic E-state index is 0.226. The molecule has 0 amide bonds. The molecule has 8 heteroatoms. The Morgan fingerprint density at radius 3 is 2.62 bits per heavy atom. The number of hydrogen-bond donors (Lipinski definition) is 2. The number of halogens is 2. The highest BCUT2D eigenvalue weighted by atomic mass is 35.5. The lowest BCUT2D eigenvalue weighted by molar-refractivity contribution is 0.122. The summed E-state index contributed by atoms with van der Waals surface area (Å²) in [5, 5.41) is 4.74. The van der Waals surface area contributed by atoms with Gasteiger partial charge in [-0.1, -0.05) is 29.3 Å². The molecule has 0 aliphatic carbocycles. The molecular weight excluding hydrogens is 409 g/mol. The zero-order chi connectivity index (χ0) is 20.5. The van der Waals surface area contributed by atoms with Gasteiger partial charge in [-0.05, 0) is 26.0 Å². The van der Waals surface area contributed by atoms with Crippen molar-refractivity contribution in [2.75, 3.05) is 36.5 Å². The Balaban J connectivity index is 1.98. The van der Waals surface area contributed by atoms with Crippen LogP contribution in [0, 0.1) is 0 Å². The van der Waals surface area contributed by atoms with Crippen LogP contribution >= 0.6 is 23.2 Å². The molecule has 2 aromatic heterocycles. The number of rotatable bonds is 5. The maximum atomic E-state index is 6.57. The fourth-order valence-electron chi connectivity index (χ4n) is 3.76. The van der Waals surface area contributed by atoms with Crippen LogP contribution in [0.4, 0.5) is 11.5 Å². The molecule has 0 bridgehead atoms. The lowest BCUT2D eigenvalue weighted by Gasteiger charge is -2.28.